The molecule has 0 amide bonds. The molecule has 1 aromatic rings. The summed E-state index contributed by atoms with van der Waals surface area (Å²) >= 11 is 0. The topological polar surface area (TPSA) is 13.1 Å². The van der Waals surface area contributed by atoms with Crippen LogP contribution in [0.3, 0.4) is 0 Å². The van der Waals surface area contributed by atoms with Gasteiger partial charge in [-0.15, -0.1) is 0 Å². The minimum absolute atomic E-state index is 1.14. The molecule has 0 N–H and O–H groups in total. The van der Waals surface area contributed by atoms with Gasteiger partial charge in [0, 0.05) is 6.42 Å². The van der Waals surface area contributed by atoms with Crippen molar-refractivity contribution in [3.8, 4) is 0 Å². The average Bonchev–Trinajstić information content (AvgIpc) is 2.45. The molecule has 14 heavy (non-hydrogen) atoms. The van der Waals surface area contributed by atoms with Crippen molar-refractivity contribution in [2.45, 2.75) is 58.3 Å². The lowest BCUT2D eigenvalue weighted by atomic mass is 10.0. The SMILES string of the molecule is CCCCc1occ2c1CCCCC2. The van der Waals surface area contributed by atoms with Crippen LogP contribution in [-0.2, 0) is 19.3 Å². The first-order valence-electron chi connectivity index (χ1n) is 6.00. The summed E-state index contributed by atoms with van der Waals surface area (Å²) < 4.78 is 5.68. The van der Waals surface area contributed by atoms with Gasteiger partial charge in [0.2, 0.25) is 0 Å². The fourth-order valence-electron chi connectivity index (χ4n) is 2.31. The van der Waals surface area contributed by atoms with Gasteiger partial charge in [0.05, 0.1) is 6.26 Å². The highest BCUT2D eigenvalue weighted by molar-refractivity contribution is 5.29. The van der Waals surface area contributed by atoms with Gasteiger partial charge in [-0.3, -0.25) is 0 Å². The molecule has 0 aliphatic heterocycles. The molecule has 1 aromatic heterocycles. The molecule has 0 atom stereocenters. The van der Waals surface area contributed by atoms with E-state index in [0.29, 0.717) is 0 Å². The quantitative estimate of drug-likeness (QED) is 0.662. The molecule has 0 bridgehead atoms. The molecule has 0 radical (unpaired) electrons. The lowest BCUT2D eigenvalue weighted by Gasteiger charge is -2.00. The van der Waals surface area contributed by atoms with Gasteiger partial charge in [-0.05, 0) is 43.2 Å². The molecule has 0 fully saturated rings. The first kappa shape index (κ1) is 9.82. The highest BCUT2D eigenvalue weighted by atomic mass is 16.3. The van der Waals surface area contributed by atoms with Gasteiger partial charge in [-0.2, -0.15) is 0 Å². The van der Waals surface area contributed by atoms with E-state index in [9.17, 15) is 0 Å². The molecule has 0 saturated carbocycles. The Bertz CT molecular complexity index is 285. The van der Waals surface area contributed by atoms with Gasteiger partial charge in [-0.1, -0.05) is 19.8 Å². The van der Waals surface area contributed by atoms with Crippen LogP contribution in [0.1, 0.15) is 55.9 Å². The van der Waals surface area contributed by atoms with E-state index in [4.69, 9.17) is 4.42 Å². The Labute approximate surface area is 86.5 Å². The molecule has 0 spiro atoms. The van der Waals surface area contributed by atoms with E-state index in [2.05, 4.69) is 6.92 Å². The predicted octanol–water partition coefficient (Wildman–Crippen LogP) is 3.89. The molecule has 1 aliphatic rings. The Balaban J connectivity index is 2.12. The molecule has 0 aromatic carbocycles. The monoisotopic (exact) mass is 192 g/mol. The highest BCUT2D eigenvalue weighted by Crippen LogP contribution is 2.26. The van der Waals surface area contributed by atoms with Crippen LogP contribution >= 0.6 is 0 Å². The number of fused-ring (bicyclic) bond motifs is 1. The predicted molar refractivity (Wildman–Crippen MR) is 58.6 cm³/mol. The van der Waals surface area contributed by atoms with Crippen LogP contribution in [0.5, 0.6) is 0 Å². The molecule has 1 aliphatic carbocycles. The molecule has 0 unspecified atom stereocenters. The van der Waals surface area contributed by atoms with E-state index in [0.717, 1.165) is 6.42 Å². The molecular formula is C13H20O. The molecule has 2 rings (SSSR count). The zero-order chi connectivity index (χ0) is 9.80. The van der Waals surface area contributed by atoms with Crippen molar-refractivity contribution < 1.29 is 4.42 Å². The van der Waals surface area contributed by atoms with E-state index in [1.807, 2.05) is 6.26 Å². The van der Waals surface area contributed by atoms with Crippen molar-refractivity contribution in [1.29, 1.82) is 0 Å². The van der Waals surface area contributed by atoms with Crippen LogP contribution in [0.15, 0.2) is 10.7 Å². The van der Waals surface area contributed by atoms with Gasteiger partial charge in [0.15, 0.2) is 0 Å². The highest BCUT2D eigenvalue weighted by Gasteiger charge is 2.15. The smallest absolute Gasteiger partial charge is 0.107 e. The van der Waals surface area contributed by atoms with Gasteiger partial charge >= 0.3 is 0 Å². The minimum Gasteiger partial charge on any atom is -0.469 e. The second kappa shape index (κ2) is 4.68. The summed E-state index contributed by atoms with van der Waals surface area (Å²) in [5, 5.41) is 0. The summed E-state index contributed by atoms with van der Waals surface area (Å²) in [4.78, 5) is 0. The molecule has 0 saturated heterocycles. The van der Waals surface area contributed by atoms with Crippen molar-refractivity contribution in [2.75, 3.05) is 0 Å². The maximum Gasteiger partial charge on any atom is 0.107 e. The van der Waals surface area contributed by atoms with E-state index >= 15 is 0 Å². The fourth-order valence-corrected chi connectivity index (χ4v) is 2.31. The van der Waals surface area contributed by atoms with E-state index in [1.165, 1.54) is 56.3 Å². The van der Waals surface area contributed by atoms with Crippen molar-refractivity contribution in [2.24, 2.45) is 0 Å². The number of hydrogen-bond donors (Lipinski definition) is 0. The number of hydrogen-bond acceptors (Lipinski definition) is 1. The molecule has 78 valence electrons. The maximum atomic E-state index is 5.68. The minimum atomic E-state index is 1.14. The number of rotatable bonds is 3. The Morgan fingerprint density at radius 2 is 2.07 bits per heavy atom. The van der Waals surface area contributed by atoms with Gasteiger partial charge in [0.1, 0.15) is 5.76 Å². The van der Waals surface area contributed by atoms with Crippen LogP contribution in [-0.4, -0.2) is 0 Å². The third-order valence-electron chi connectivity index (χ3n) is 3.20. The summed E-state index contributed by atoms with van der Waals surface area (Å²) in [6.45, 7) is 2.24. The molecular weight excluding hydrogens is 172 g/mol. The third kappa shape index (κ3) is 2.02. The lowest BCUT2D eigenvalue weighted by Crippen LogP contribution is -1.91. The Morgan fingerprint density at radius 3 is 2.93 bits per heavy atom. The van der Waals surface area contributed by atoms with Crippen LogP contribution in [0, 0.1) is 0 Å². The van der Waals surface area contributed by atoms with Gasteiger partial charge < -0.3 is 4.42 Å². The summed E-state index contributed by atoms with van der Waals surface area (Å²) in [6, 6.07) is 0. The zero-order valence-corrected chi connectivity index (χ0v) is 9.14. The fraction of sp³-hybridized carbons (Fsp3) is 0.692. The normalized spacial score (nSPS) is 16.4. The number of unbranched alkanes of at least 4 members (excludes halogenated alkanes) is 1. The van der Waals surface area contributed by atoms with Crippen LogP contribution in [0.25, 0.3) is 0 Å². The van der Waals surface area contributed by atoms with Crippen LogP contribution < -0.4 is 0 Å². The van der Waals surface area contributed by atoms with Crippen molar-refractivity contribution in [3.63, 3.8) is 0 Å². The molecule has 1 nitrogen and oxygen atoms in total. The van der Waals surface area contributed by atoms with Crippen LogP contribution in [0.2, 0.25) is 0 Å². The maximum absolute atomic E-state index is 5.68. The first-order valence-corrected chi connectivity index (χ1v) is 6.00. The van der Waals surface area contributed by atoms with Gasteiger partial charge in [0.25, 0.3) is 0 Å². The van der Waals surface area contributed by atoms with Crippen molar-refractivity contribution in [1.82, 2.24) is 0 Å². The summed E-state index contributed by atoms with van der Waals surface area (Å²) in [7, 11) is 0. The average molecular weight is 192 g/mol. The third-order valence-corrected chi connectivity index (χ3v) is 3.20. The second-order valence-electron chi connectivity index (χ2n) is 4.33. The van der Waals surface area contributed by atoms with Gasteiger partial charge in [-0.25, -0.2) is 0 Å². The largest absolute Gasteiger partial charge is 0.469 e. The molecule has 1 heteroatoms. The Kier molecular flexibility index (Phi) is 3.28. The standard InChI is InChI=1S/C13H20O/c1-2-3-9-13-12-8-6-4-5-7-11(12)10-14-13/h10H,2-9H2,1H3. The summed E-state index contributed by atoms with van der Waals surface area (Å²) in [6.07, 6.45) is 12.3. The van der Waals surface area contributed by atoms with E-state index < -0.39 is 0 Å². The summed E-state index contributed by atoms with van der Waals surface area (Å²) in [5.41, 5.74) is 3.05. The summed E-state index contributed by atoms with van der Waals surface area (Å²) in [5.74, 6) is 1.28. The Hall–Kier alpha value is -0.720. The lowest BCUT2D eigenvalue weighted by molar-refractivity contribution is 0.491. The Morgan fingerprint density at radius 1 is 1.21 bits per heavy atom. The van der Waals surface area contributed by atoms with E-state index in [1.54, 1.807) is 5.56 Å². The first-order chi connectivity index (χ1) is 6.92. The van der Waals surface area contributed by atoms with Crippen molar-refractivity contribution in [3.05, 3.63) is 23.2 Å². The number of furan rings is 1. The van der Waals surface area contributed by atoms with Crippen LogP contribution in [0.4, 0.5) is 0 Å². The zero-order valence-electron chi connectivity index (χ0n) is 9.14. The van der Waals surface area contributed by atoms with Crippen molar-refractivity contribution >= 4 is 0 Å². The van der Waals surface area contributed by atoms with E-state index in [-0.39, 0.29) is 0 Å². The molecule has 1 heterocycles. The second-order valence-corrected chi connectivity index (χ2v) is 4.33. The number of aryl methyl sites for hydroxylation is 2.